The third kappa shape index (κ3) is 3.19. The van der Waals surface area contributed by atoms with E-state index in [0.717, 1.165) is 0 Å². The van der Waals surface area contributed by atoms with Gasteiger partial charge in [-0.1, -0.05) is 20.8 Å². The van der Waals surface area contributed by atoms with Gasteiger partial charge < -0.3 is 10.2 Å². The molecule has 19 heavy (non-hydrogen) atoms. The lowest BCUT2D eigenvalue weighted by molar-refractivity contribution is -0.179. The maximum atomic E-state index is 12.6. The second-order valence-electron chi connectivity index (χ2n) is 5.41. The van der Waals surface area contributed by atoms with Crippen molar-refractivity contribution in [2.24, 2.45) is 5.92 Å². The molecule has 2 atom stereocenters. The molecule has 4 nitrogen and oxygen atoms in total. The molecular weight excluding hydrogens is 261 g/mol. The predicted octanol–water partition coefficient (Wildman–Crippen LogP) is 1.70. The first-order valence-electron chi connectivity index (χ1n) is 6.21. The smallest absolute Gasteiger partial charge is 0.340 e. The van der Waals surface area contributed by atoms with Crippen molar-refractivity contribution in [2.45, 2.75) is 51.9 Å². The lowest BCUT2D eigenvalue weighted by Crippen LogP contribution is -2.71. The van der Waals surface area contributed by atoms with Gasteiger partial charge in [0, 0.05) is 0 Å². The fraction of sp³-hybridized carbons (Fsp3) is 0.833. The van der Waals surface area contributed by atoms with Gasteiger partial charge in [0.1, 0.15) is 18.1 Å². The minimum atomic E-state index is -4.52. The summed E-state index contributed by atoms with van der Waals surface area (Å²) >= 11 is 0. The number of nitrogens with one attached hydrogen (secondary N) is 1. The zero-order valence-corrected chi connectivity index (χ0v) is 11.5. The molecule has 0 aromatic carbocycles. The highest BCUT2D eigenvalue weighted by molar-refractivity contribution is 5.99. The molecule has 1 rings (SSSR count). The van der Waals surface area contributed by atoms with Crippen LogP contribution in [0, 0.1) is 5.92 Å². The van der Waals surface area contributed by atoms with Crippen molar-refractivity contribution in [3.05, 3.63) is 0 Å². The predicted molar refractivity (Wildman–Crippen MR) is 63.2 cm³/mol. The van der Waals surface area contributed by atoms with Crippen LogP contribution in [0.2, 0.25) is 0 Å². The molecule has 2 unspecified atom stereocenters. The van der Waals surface area contributed by atoms with Crippen molar-refractivity contribution in [1.82, 2.24) is 10.2 Å². The summed E-state index contributed by atoms with van der Waals surface area (Å²) in [6.45, 7) is 4.95. The second kappa shape index (κ2) is 5.02. The van der Waals surface area contributed by atoms with E-state index >= 15 is 0 Å². The maximum Gasteiger partial charge on any atom is 0.406 e. The summed E-state index contributed by atoms with van der Waals surface area (Å²) in [5.74, 6) is -1.58. The summed E-state index contributed by atoms with van der Waals surface area (Å²) in [6, 6.07) is -1.08. The average molecular weight is 280 g/mol. The zero-order valence-electron chi connectivity index (χ0n) is 11.5. The molecule has 1 aliphatic rings. The number of hydrogen-bond acceptors (Lipinski definition) is 2. The van der Waals surface area contributed by atoms with Crippen LogP contribution < -0.4 is 5.32 Å². The highest BCUT2D eigenvalue weighted by Gasteiger charge is 2.50. The molecule has 0 aliphatic carbocycles. The standard InChI is InChI=1S/C12H19F3N2O2/c1-5-11(4)10(19)17(6-12(13,14)15)8(7(2)3)9(18)16-11/h7-8H,5-6H2,1-4H3,(H,16,18). The van der Waals surface area contributed by atoms with Gasteiger partial charge in [-0.15, -0.1) is 0 Å². The molecule has 7 heteroatoms. The van der Waals surface area contributed by atoms with E-state index in [-0.39, 0.29) is 12.3 Å². The number of hydrogen-bond donors (Lipinski definition) is 1. The highest BCUT2D eigenvalue weighted by atomic mass is 19.4. The van der Waals surface area contributed by atoms with Crippen molar-refractivity contribution in [1.29, 1.82) is 0 Å². The Labute approximate surface area is 110 Å². The first-order valence-corrected chi connectivity index (χ1v) is 6.21. The van der Waals surface area contributed by atoms with Crippen LogP contribution in [-0.4, -0.2) is 41.0 Å². The molecule has 1 N–H and O–H groups in total. The van der Waals surface area contributed by atoms with Crippen LogP contribution in [0.4, 0.5) is 13.2 Å². The van der Waals surface area contributed by atoms with E-state index in [1.165, 1.54) is 6.92 Å². The highest BCUT2D eigenvalue weighted by Crippen LogP contribution is 2.28. The topological polar surface area (TPSA) is 49.4 Å². The van der Waals surface area contributed by atoms with Crippen LogP contribution >= 0.6 is 0 Å². The normalized spacial score (nSPS) is 28.8. The molecule has 110 valence electrons. The Balaban J connectivity index is 3.14. The molecule has 0 radical (unpaired) electrons. The van der Waals surface area contributed by atoms with Gasteiger partial charge >= 0.3 is 6.18 Å². The summed E-state index contributed by atoms with van der Waals surface area (Å²) in [5.41, 5.74) is -1.26. The minimum Gasteiger partial charge on any atom is -0.340 e. The lowest BCUT2D eigenvalue weighted by Gasteiger charge is -2.45. The summed E-state index contributed by atoms with van der Waals surface area (Å²) in [5, 5.41) is 2.54. The number of amides is 2. The van der Waals surface area contributed by atoms with Gasteiger partial charge in [-0.2, -0.15) is 13.2 Å². The Morgan fingerprint density at radius 1 is 1.37 bits per heavy atom. The largest absolute Gasteiger partial charge is 0.406 e. The van der Waals surface area contributed by atoms with E-state index in [0.29, 0.717) is 4.90 Å². The lowest BCUT2D eigenvalue weighted by atomic mass is 9.88. The van der Waals surface area contributed by atoms with Gasteiger partial charge in [-0.3, -0.25) is 9.59 Å². The van der Waals surface area contributed by atoms with Crippen molar-refractivity contribution in [3.8, 4) is 0 Å². The fourth-order valence-electron chi connectivity index (χ4n) is 2.25. The molecule has 0 spiro atoms. The zero-order chi connectivity index (χ0) is 15.0. The van der Waals surface area contributed by atoms with Crippen molar-refractivity contribution in [3.63, 3.8) is 0 Å². The number of rotatable bonds is 3. The molecule has 1 fully saturated rings. The van der Waals surface area contributed by atoms with Crippen LogP contribution in [0.25, 0.3) is 0 Å². The van der Waals surface area contributed by atoms with Crippen molar-refractivity contribution < 1.29 is 22.8 Å². The van der Waals surface area contributed by atoms with Crippen molar-refractivity contribution in [2.75, 3.05) is 6.54 Å². The van der Waals surface area contributed by atoms with E-state index in [4.69, 9.17) is 0 Å². The van der Waals surface area contributed by atoms with Crippen LogP contribution in [0.15, 0.2) is 0 Å². The van der Waals surface area contributed by atoms with Gasteiger partial charge in [0.25, 0.3) is 0 Å². The molecule has 1 aliphatic heterocycles. The monoisotopic (exact) mass is 280 g/mol. The Hall–Kier alpha value is -1.27. The number of carbonyl (C=O) groups excluding carboxylic acids is 2. The van der Waals surface area contributed by atoms with Crippen LogP contribution in [0.1, 0.15) is 34.1 Å². The van der Waals surface area contributed by atoms with E-state index in [1.807, 2.05) is 0 Å². The van der Waals surface area contributed by atoms with Crippen LogP contribution in [-0.2, 0) is 9.59 Å². The Morgan fingerprint density at radius 2 is 1.89 bits per heavy atom. The van der Waals surface area contributed by atoms with Crippen LogP contribution in [0.3, 0.4) is 0 Å². The number of alkyl halides is 3. The van der Waals surface area contributed by atoms with E-state index in [9.17, 15) is 22.8 Å². The molecular formula is C12H19F3N2O2. The van der Waals surface area contributed by atoms with Gasteiger partial charge in [0.05, 0.1) is 0 Å². The molecule has 2 amide bonds. The van der Waals surface area contributed by atoms with Crippen molar-refractivity contribution >= 4 is 11.8 Å². The van der Waals surface area contributed by atoms with E-state index in [2.05, 4.69) is 5.32 Å². The Bertz CT molecular complexity index is 382. The second-order valence-corrected chi connectivity index (χ2v) is 5.41. The third-order valence-electron chi connectivity index (χ3n) is 3.42. The summed E-state index contributed by atoms with van der Waals surface area (Å²) < 4.78 is 37.8. The SMILES string of the molecule is CCC1(C)NC(=O)C(C(C)C)N(CC(F)(F)F)C1=O. The Morgan fingerprint density at radius 3 is 2.26 bits per heavy atom. The molecule has 0 aromatic heterocycles. The molecule has 1 saturated heterocycles. The minimum absolute atomic E-state index is 0.247. The summed E-state index contributed by atoms with van der Waals surface area (Å²) in [4.78, 5) is 24.9. The van der Waals surface area contributed by atoms with Gasteiger partial charge in [-0.25, -0.2) is 0 Å². The summed E-state index contributed by atoms with van der Waals surface area (Å²) in [6.07, 6.45) is -4.27. The number of nitrogens with zero attached hydrogens (tertiary/aromatic N) is 1. The maximum absolute atomic E-state index is 12.6. The number of piperazine rings is 1. The number of carbonyl (C=O) groups is 2. The molecule has 0 saturated carbocycles. The first kappa shape index (κ1) is 15.8. The van der Waals surface area contributed by atoms with E-state index in [1.54, 1.807) is 20.8 Å². The van der Waals surface area contributed by atoms with E-state index < -0.39 is 36.1 Å². The fourth-order valence-corrected chi connectivity index (χ4v) is 2.25. The average Bonchev–Trinajstić information content (AvgIpc) is 2.23. The molecule has 0 bridgehead atoms. The van der Waals surface area contributed by atoms with Gasteiger partial charge in [-0.05, 0) is 19.3 Å². The number of halogens is 3. The van der Waals surface area contributed by atoms with Crippen LogP contribution in [0.5, 0.6) is 0 Å². The first-order chi connectivity index (χ1) is 8.52. The quantitative estimate of drug-likeness (QED) is 0.855. The van der Waals surface area contributed by atoms with Gasteiger partial charge in [0.2, 0.25) is 11.8 Å². The third-order valence-corrected chi connectivity index (χ3v) is 3.42. The molecule has 1 heterocycles. The van der Waals surface area contributed by atoms with Gasteiger partial charge in [0.15, 0.2) is 0 Å². The summed E-state index contributed by atoms with van der Waals surface area (Å²) in [7, 11) is 0. The molecule has 0 aromatic rings. The Kier molecular flexibility index (Phi) is 4.17.